The molecule has 0 spiro atoms. The van der Waals surface area contributed by atoms with Crippen molar-refractivity contribution in [3.8, 4) is 17.2 Å². The molecule has 1 aliphatic rings. The molecule has 31 heavy (non-hydrogen) atoms. The summed E-state index contributed by atoms with van der Waals surface area (Å²) in [5.41, 5.74) is 3.63. The minimum atomic E-state index is -0.214. The van der Waals surface area contributed by atoms with Crippen LogP contribution in [0.4, 0.5) is 0 Å². The fourth-order valence-corrected chi connectivity index (χ4v) is 3.75. The van der Waals surface area contributed by atoms with Gasteiger partial charge in [0.05, 0.1) is 26.4 Å². The number of benzene rings is 3. The molecule has 5 heteroatoms. The Labute approximate surface area is 183 Å². The van der Waals surface area contributed by atoms with Crippen molar-refractivity contribution < 1.29 is 19.0 Å². The Morgan fingerprint density at radius 3 is 2.52 bits per heavy atom. The second-order valence-corrected chi connectivity index (χ2v) is 7.65. The number of hydrogen-bond donors (Lipinski definition) is 1. The highest BCUT2D eigenvalue weighted by Gasteiger charge is 2.20. The van der Waals surface area contributed by atoms with Crippen molar-refractivity contribution >= 4 is 5.91 Å². The van der Waals surface area contributed by atoms with Crippen molar-refractivity contribution in [1.29, 1.82) is 0 Å². The maximum absolute atomic E-state index is 13.2. The van der Waals surface area contributed by atoms with E-state index in [1.807, 2.05) is 55.5 Å². The van der Waals surface area contributed by atoms with E-state index in [2.05, 4.69) is 17.4 Å². The second kappa shape index (κ2) is 9.56. The summed E-state index contributed by atoms with van der Waals surface area (Å²) in [5, 5.41) is 3.22. The first kappa shape index (κ1) is 20.8. The van der Waals surface area contributed by atoms with E-state index in [0.717, 1.165) is 40.4 Å². The highest BCUT2D eigenvalue weighted by atomic mass is 16.5. The zero-order valence-corrected chi connectivity index (χ0v) is 17.9. The Kier molecular flexibility index (Phi) is 6.41. The first-order valence-corrected chi connectivity index (χ1v) is 10.5. The molecular weight excluding hydrogens is 390 g/mol. The predicted octanol–water partition coefficient (Wildman–Crippen LogP) is 4.88. The van der Waals surface area contributed by atoms with Crippen molar-refractivity contribution in [2.75, 3.05) is 20.3 Å². The van der Waals surface area contributed by atoms with E-state index in [-0.39, 0.29) is 11.9 Å². The van der Waals surface area contributed by atoms with Gasteiger partial charge >= 0.3 is 0 Å². The van der Waals surface area contributed by atoms with Gasteiger partial charge in [0.2, 0.25) is 0 Å². The van der Waals surface area contributed by atoms with Gasteiger partial charge in [-0.15, -0.1) is 0 Å². The lowest BCUT2D eigenvalue weighted by Crippen LogP contribution is -2.30. The quantitative estimate of drug-likeness (QED) is 0.621. The number of carbonyl (C=O) groups is 1. The molecule has 1 N–H and O–H groups in total. The van der Waals surface area contributed by atoms with Gasteiger partial charge in [-0.25, -0.2) is 0 Å². The highest BCUT2D eigenvalue weighted by molar-refractivity contribution is 5.96. The average molecular weight is 418 g/mol. The number of carbonyl (C=O) groups excluding carboxylic acids is 1. The van der Waals surface area contributed by atoms with E-state index in [1.54, 1.807) is 13.2 Å². The third kappa shape index (κ3) is 5.00. The number of nitrogens with one attached hydrogen (secondary N) is 1. The van der Waals surface area contributed by atoms with Crippen molar-refractivity contribution in [1.82, 2.24) is 5.32 Å². The maximum atomic E-state index is 13.2. The lowest BCUT2D eigenvalue weighted by Gasteiger charge is -2.21. The van der Waals surface area contributed by atoms with Gasteiger partial charge in [0.1, 0.15) is 5.75 Å². The Balaban J connectivity index is 1.63. The molecule has 3 aromatic carbocycles. The SMILES string of the molecule is COc1ccc(C(=O)NC(Cc2ccccc2)c2ccc3c(c2)OCCCO3)c(C)c1. The van der Waals surface area contributed by atoms with Crippen molar-refractivity contribution in [3.63, 3.8) is 0 Å². The molecule has 0 aliphatic carbocycles. The molecule has 1 aliphatic heterocycles. The number of rotatable bonds is 6. The number of aryl methyl sites for hydroxylation is 1. The van der Waals surface area contributed by atoms with Crippen molar-refractivity contribution in [2.24, 2.45) is 0 Å². The number of amides is 1. The minimum Gasteiger partial charge on any atom is -0.497 e. The van der Waals surface area contributed by atoms with Crippen LogP contribution in [0.2, 0.25) is 0 Å². The van der Waals surface area contributed by atoms with Gasteiger partial charge in [-0.1, -0.05) is 36.4 Å². The molecule has 1 unspecified atom stereocenters. The summed E-state index contributed by atoms with van der Waals surface area (Å²) in [6.45, 7) is 3.18. The summed E-state index contributed by atoms with van der Waals surface area (Å²) in [4.78, 5) is 13.2. The normalized spacial score (nSPS) is 13.7. The lowest BCUT2D eigenvalue weighted by atomic mass is 9.97. The van der Waals surface area contributed by atoms with E-state index in [1.165, 1.54) is 0 Å². The summed E-state index contributed by atoms with van der Waals surface area (Å²) < 4.78 is 16.9. The average Bonchev–Trinajstić information content (AvgIpc) is 3.04. The van der Waals surface area contributed by atoms with Gasteiger partial charge in [-0.3, -0.25) is 4.79 Å². The lowest BCUT2D eigenvalue weighted by molar-refractivity contribution is 0.0935. The van der Waals surface area contributed by atoms with Crippen LogP contribution in [0.5, 0.6) is 17.2 Å². The van der Waals surface area contributed by atoms with Crippen LogP contribution >= 0.6 is 0 Å². The Morgan fingerprint density at radius 2 is 1.77 bits per heavy atom. The van der Waals surface area contributed by atoms with Gasteiger partial charge in [-0.05, 0) is 60.4 Å². The maximum Gasteiger partial charge on any atom is 0.252 e. The minimum absolute atomic E-state index is 0.117. The van der Waals surface area contributed by atoms with Crippen LogP contribution < -0.4 is 19.5 Å². The number of methoxy groups -OCH3 is 1. The molecule has 1 heterocycles. The number of hydrogen-bond acceptors (Lipinski definition) is 4. The van der Waals surface area contributed by atoms with Crippen LogP contribution in [-0.2, 0) is 6.42 Å². The van der Waals surface area contributed by atoms with E-state index >= 15 is 0 Å². The standard InChI is InChI=1S/C26H27NO4/c1-18-15-21(29-2)10-11-22(18)26(28)27-23(16-19-7-4-3-5-8-19)20-9-12-24-25(17-20)31-14-6-13-30-24/h3-5,7-12,15,17,23H,6,13-14,16H2,1-2H3,(H,27,28). The Morgan fingerprint density at radius 1 is 1.00 bits per heavy atom. The van der Waals surface area contributed by atoms with E-state index in [9.17, 15) is 4.79 Å². The monoisotopic (exact) mass is 417 g/mol. The van der Waals surface area contributed by atoms with Crippen LogP contribution in [0.25, 0.3) is 0 Å². The largest absolute Gasteiger partial charge is 0.497 e. The van der Waals surface area contributed by atoms with Crippen LogP contribution in [0.1, 0.15) is 39.5 Å². The zero-order valence-electron chi connectivity index (χ0n) is 17.9. The van der Waals surface area contributed by atoms with Crippen molar-refractivity contribution in [2.45, 2.75) is 25.8 Å². The van der Waals surface area contributed by atoms with Crippen molar-refractivity contribution in [3.05, 3.63) is 89.0 Å². The number of ether oxygens (including phenoxy) is 3. The summed E-state index contributed by atoms with van der Waals surface area (Å²) in [6.07, 6.45) is 1.52. The molecule has 1 atom stereocenters. The van der Waals surface area contributed by atoms with Gasteiger partial charge in [0.25, 0.3) is 5.91 Å². The summed E-state index contributed by atoms with van der Waals surface area (Å²) in [6, 6.07) is 21.3. The summed E-state index contributed by atoms with van der Waals surface area (Å²) in [7, 11) is 1.62. The molecule has 0 radical (unpaired) electrons. The van der Waals surface area contributed by atoms with Gasteiger partial charge in [-0.2, -0.15) is 0 Å². The van der Waals surface area contributed by atoms with Gasteiger partial charge < -0.3 is 19.5 Å². The van der Waals surface area contributed by atoms with Crippen LogP contribution in [-0.4, -0.2) is 26.2 Å². The molecule has 4 rings (SSSR count). The second-order valence-electron chi connectivity index (χ2n) is 7.65. The predicted molar refractivity (Wildman–Crippen MR) is 120 cm³/mol. The molecule has 0 aromatic heterocycles. The van der Waals surface area contributed by atoms with Crippen LogP contribution in [0.15, 0.2) is 66.7 Å². The van der Waals surface area contributed by atoms with Crippen LogP contribution in [0, 0.1) is 6.92 Å². The first-order chi connectivity index (χ1) is 15.1. The third-order valence-electron chi connectivity index (χ3n) is 5.44. The Hall–Kier alpha value is -3.47. The molecule has 5 nitrogen and oxygen atoms in total. The van der Waals surface area contributed by atoms with E-state index < -0.39 is 0 Å². The fourth-order valence-electron chi connectivity index (χ4n) is 3.75. The molecule has 0 bridgehead atoms. The fraction of sp³-hybridized carbons (Fsp3) is 0.269. The Bertz CT molecular complexity index is 1050. The van der Waals surface area contributed by atoms with Gasteiger partial charge in [0.15, 0.2) is 11.5 Å². The van der Waals surface area contributed by atoms with Crippen LogP contribution in [0.3, 0.4) is 0 Å². The summed E-state index contributed by atoms with van der Waals surface area (Å²) in [5.74, 6) is 2.09. The number of fused-ring (bicyclic) bond motifs is 1. The molecule has 3 aromatic rings. The topological polar surface area (TPSA) is 56.8 Å². The third-order valence-corrected chi connectivity index (χ3v) is 5.44. The first-order valence-electron chi connectivity index (χ1n) is 10.5. The molecule has 1 amide bonds. The molecule has 0 saturated heterocycles. The highest BCUT2D eigenvalue weighted by Crippen LogP contribution is 2.33. The molecule has 0 fully saturated rings. The summed E-state index contributed by atoms with van der Waals surface area (Å²) >= 11 is 0. The van der Waals surface area contributed by atoms with E-state index in [4.69, 9.17) is 14.2 Å². The zero-order chi connectivity index (χ0) is 21.6. The molecule has 0 saturated carbocycles. The smallest absolute Gasteiger partial charge is 0.252 e. The van der Waals surface area contributed by atoms with E-state index in [0.29, 0.717) is 25.2 Å². The molecule has 160 valence electrons. The van der Waals surface area contributed by atoms with Gasteiger partial charge in [0, 0.05) is 12.0 Å². The molecular formula is C26H27NO4.